The fourth-order valence-electron chi connectivity index (χ4n) is 3.02. The lowest BCUT2D eigenvalue weighted by atomic mass is 10.0. The van der Waals surface area contributed by atoms with Gasteiger partial charge in [-0.1, -0.05) is 17.7 Å². The molecule has 2 aromatic carbocycles. The second-order valence-corrected chi connectivity index (χ2v) is 6.20. The zero-order valence-corrected chi connectivity index (χ0v) is 14.1. The molecule has 4 nitrogen and oxygen atoms in total. The lowest BCUT2D eigenvalue weighted by Gasteiger charge is -2.24. The number of ketones is 1. The molecule has 5 heteroatoms. The topological polar surface area (TPSA) is 46.6 Å². The second kappa shape index (κ2) is 7.05. The van der Waals surface area contributed by atoms with E-state index in [2.05, 4.69) is 0 Å². The third-order valence-corrected chi connectivity index (χ3v) is 4.50. The monoisotopic (exact) mass is 343 g/mol. The highest BCUT2D eigenvalue weighted by atomic mass is 35.5. The van der Waals surface area contributed by atoms with E-state index in [0.717, 1.165) is 6.42 Å². The number of ether oxygens (including phenoxy) is 1. The van der Waals surface area contributed by atoms with E-state index in [1.165, 1.54) is 0 Å². The van der Waals surface area contributed by atoms with Crippen LogP contribution in [0.15, 0.2) is 48.5 Å². The molecule has 1 unspecified atom stereocenters. The summed E-state index contributed by atoms with van der Waals surface area (Å²) in [6.45, 7) is 0.581. The number of carbonyl (C=O) groups excluding carboxylic acids is 2. The number of halogens is 1. The minimum atomic E-state index is -0.426. The first-order chi connectivity index (χ1) is 11.6. The van der Waals surface area contributed by atoms with Crippen LogP contribution in [0.25, 0.3) is 0 Å². The number of benzene rings is 2. The van der Waals surface area contributed by atoms with Crippen molar-refractivity contribution in [2.24, 2.45) is 0 Å². The molecule has 24 heavy (non-hydrogen) atoms. The molecular weight excluding hydrogens is 326 g/mol. The molecule has 1 heterocycles. The highest BCUT2D eigenvalue weighted by molar-refractivity contribution is 6.31. The lowest BCUT2D eigenvalue weighted by Crippen LogP contribution is -2.40. The molecule has 1 atom stereocenters. The Balaban J connectivity index is 1.81. The van der Waals surface area contributed by atoms with E-state index in [9.17, 15) is 9.59 Å². The van der Waals surface area contributed by atoms with Crippen molar-refractivity contribution in [3.8, 4) is 5.75 Å². The summed E-state index contributed by atoms with van der Waals surface area (Å²) in [5.74, 6) is 0.511. The molecule has 1 saturated heterocycles. The van der Waals surface area contributed by atoms with Gasteiger partial charge in [0.15, 0.2) is 5.78 Å². The van der Waals surface area contributed by atoms with E-state index >= 15 is 0 Å². The smallest absolute Gasteiger partial charge is 0.254 e. The number of methoxy groups -OCH3 is 1. The molecule has 0 aliphatic carbocycles. The summed E-state index contributed by atoms with van der Waals surface area (Å²) in [6, 6.07) is 13.4. The number of hydrogen-bond acceptors (Lipinski definition) is 3. The first-order valence-electron chi connectivity index (χ1n) is 7.85. The summed E-state index contributed by atoms with van der Waals surface area (Å²) in [7, 11) is 1.58. The number of rotatable bonds is 4. The van der Waals surface area contributed by atoms with Crippen molar-refractivity contribution in [2.45, 2.75) is 18.9 Å². The van der Waals surface area contributed by atoms with Crippen LogP contribution in [0.3, 0.4) is 0 Å². The van der Waals surface area contributed by atoms with E-state index < -0.39 is 6.04 Å². The predicted octanol–water partition coefficient (Wildman–Crippen LogP) is 3.84. The van der Waals surface area contributed by atoms with Crippen LogP contribution in [0, 0.1) is 0 Å². The molecule has 124 valence electrons. The zero-order valence-electron chi connectivity index (χ0n) is 13.4. The Morgan fingerprint density at radius 1 is 1.12 bits per heavy atom. The molecular formula is C19H18ClNO3. The minimum Gasteiger partial charge on any atom is -0.497 e. The molecule has 1 aliphatic rings. The molecule has 0 bridgehead atoms. The van der Waals surface area contributed by atoms with Gasteiger partial charge < -0.3 is 9.64 Å². The molecule has 3 rings (SSSR count). The van der Waals surface area contributed by atoms with E-state index in [4.69, 9.17) is 16.3 Å². The molecule has 0 spiro atoms. The molecule has 0 saturated carbocycles. The normalized spacial score (nSPS) is 16.9. The average Bonchev–Trinajstić information content (AvgIpc) is 3.10. The molecule has 0 aromatic heterocycles. The summed E-state index contributed by atoms with van der Waals surface area (Å²) in [5.41, 5.74) is 1.10. The molecule has 1 fully saturated rings. The van der Waals surface area contributed by atoms with Crippen LogP contribution in [0.1, 0.15) is 33.6 Å². The average molecular weight is 344 g/mol. The van der Waals surface area contributed by atoms with Crippen LogP contribution >= 0.6 is 11.6 Å². The van der Waals surface area contributed by atoms with Crippen LogP contribution < -0.4 is 4.74 Å². The Morgan fingerprint density at radius 2 is 1.88 bits per heavy atom. The standard InChI is InChI=1S/C19H18ClNO3/c1-24-16-9-7-13(8-10-16)18(22)17-6-3-11-21(17)19(23)14-4-2-5-15(20)12-14/h2,4-5,7-10,12,17H,3,6,11H2,1H3. The zero-order chi connectivity index (χ0) is 17.1. The van der Waals surface area contributed by atoms with Gasteiger partial charge in [-0.25, -0.2) is 0 Å². The van der Waals surface area contributed by atoms with Crippen LogP contribution in [-0.4, -0.2) is 36.3 Å². The van der Waals surface area contributed by atoms with Gasteiger partial charge in [0, 0.05) is 22.7 Å². The van der Waals surface area contributed by atoms with Gasteiger partial charge in [0.05, 0.1) is 13.2 Å². The maximum absolute atomic E-state index is 12.8. The van der Waals surface area contributed by atoms with Crippen molar-refractivity contribution in [2.75, 3.05) is 13.7 Å². The van der Waals surface area contributed by atoms with Crippen LogP contribution in [-0.2, 0) is 0 Å². The second-order valence-electron chi connectivity index (χ2n) is 5.76. The molecule has 0 N–H and O–H groups in total. The first-order valence-corrected chi connectivity index (χ1v) is 8.23. The Morgan fingerprint density at radius 3 is 2.54 bits per heavy atom. The van der Waals surface area contributed by atoms with Gasteiger partial charge in [-0.3, -0.25) is 9.59 Å². The Kier molecular flexibility index (Phi) is 4.86. The van der Waals surface area contributed by atoms with Gasteiger partial charge in [-0.05, 0) is 55.3 Å². The van der Waals surface area contributed by atoms with Gasteiger partial charge in [0.2, 0.25) is 0 Å². The molecule has 2 aromatic rings. The lowest BCUT2D eigenvalue weighted by molar-refractivity contribution is 0.0671. The largest absolute Gasteiger partial charge is 0.497 e. The van der Waals surface area contributed by atoms with Gasteiger partial charge >= 0.3 is 0 Å². The van der Waals surface area contributed by atoms with Crippen molar-refractivity contribution in [3.05, 3.63) is 64.7 Å². The van der Waals surface area contributed by atoms with Gasteiger partial charge in [-0.15, -0.1) is 0 Å². The predicted molar refractivity (Wildman–Crippen MR) is 92.8 cm³/mol. The summed E-state index contributed by atoms with van der Waals surface area (Å²) in [4.78, 5) is 27.2. The summed E-state index contributed by atoms with van der Waals surface area (Å²) >= 11 is 5.97. The van der Waals surface area contributed by atoms with Crippen LogP contribution in [0.2, 0.25) is 5.02 Å². The number of carbonyl (C=O) groups is 2. The van der Waals surface area contributed by atoms with Crippen molar-refractivity contribution >= 4 is 23.3 Å². The quantitative estimate of drug-likeness (QED) is 0.792. The maximum Gasteiger partial charge on any atom is 0.254 e. The minimum absolute atomic E-state index is 0.0365. The third kappa shape index (κ3) is 3.29. The Bertz CT molecular complexity index is 757. The molecule has 1 aliphatic heterocycles. The van der Waals surface area contributed by atoms with Crippen molar-refractivity contribution < 1.29 is 14.3 Å². The Labute approximate surface area is 146 Å². The summed E-state index contributed by atoms with van der Waals surface area (Å²) in [6.07, 6.45) is 1.50. The number of hydrogen-bond donors (Lipinski definition) is 0. The third-order valence-electron chi connectivity index (χ3n) is 4.26. The maximum atomic E-state index is 12.8. The number of amides is 1. The van der Waals surface area contributed by atoms with Crippen LogP contribution in [0.5, 0.6) is 5.75 Å². The highest BCUT2D eigenvalue weighted by Gasteiger charge is 2.34. The fraction of sp³-hybridized carbons (Fsp3) is 0.263. The van der Waals surface area contributed by atoms with E-state index in [0.29, 0.717) is 34.9 Å². The Hall–Kier alpha value is -2.33. The fourth-order valence-corrected chi connectivity index (χ4v) is 3.21. The number of likely N-dealkylation sites (tertiary alicyclic amines) is 1. The van der Waals surface area contributed by atoms with Gasteiger partial charge in [-0.2, -0.15) is 0 Å². The van der Waals surface area contributed by atoms with Crippen molar-refractivity contribution in [1.82, 2.24) is 4.90 Å². The molecule has 0 radical (unpaired) electrons. The van der Waals surface area contributed by atoms with Crippen molar-refractivity contribution in [3.63, 3.8) is 0 Å². The number of Topliss-reactive ketones (excluding diaryl/α,β-unsaturated/α-hetero) is 1. The van der Waals surface area contributed by atoms with Crippen LogP contribution in [0.4, 0.5) is 0 Å². The van der Waals surface area contributed by atoms with Crippen molar-refractivity contribution in [1.29, 1.82) is 0 Å². The number of nitrogens with zero attached hydrogens (tertiary/aromatic N) is 1. The molecule has 1 amide bonds. The highest BCUT2D eigenvalue weighted by Crippen LogP contribution is 2.25. The summed E-state index contributed by atoms with van der Waals surface area (Å²) in [5, 5.41) is 0.512. The van der Waals surface area contributed by atoms with Gasteiger partial charge in [0.25, 0.3) is 5.91 Å². The summed E-state index contributed by atoms with van der Waals surface area (Å²) < 4.78 is 5.11. The SMILES string of the molecule is COc1ccc(C(=O)C2CCCN2C(=O)c2cccc(Cl)c2)cc1. The first kappa shape index (κ1) is 16.5. The van der Waals surface area contributed by atoms with Gasteiger partial charge in [0.1, 0.15) is 5.75 Å². The van der Waals surface area contributed by atoms with E-state index in [1.807, 2.05) is 0 Å². The van der Waals surface area contributed by atoms with E-state index in [-0.39, 0.29) is 11.7 Å². The van der Waals surface area contributed by atoms with E-state index in [1.54, 1.807) is 60.5 Å².